The molecule has 0 N–H and O–H groups in total. The van der Waals surface area contributed by atoms with Crippen LogP contribution in [0.3, 0.4) is 0 Å². The molecule has 0 bridgehead atoms. The molecule has 1 heteroatoms. The van der Waals surface area contributed by atoms with Crippen LogP contribution in [0.25, 0.3) is 0 Å². The Morgan fingerprint density at radius 2 is 2.00 bits per heavy atom. The van der Waals surface area contributed by atoms with Gasteiger partial charge in [0.15, 0.2) is 0 Å². The Morgan fingerprint density at radius 3 is 2.42 bits per heavy atom. The highest BCUT2D eigenvalue weighted by molar-refractivity contribution is 5.33. The molecule has 0 saturated heterocycles. The summed E-state index contributed by atoms with van der Waals surface area (Å²) >= 11 is 0. The molecule has 0 unspecified atom stereocenters. The van der Waals surface area contributed by atoms with Crippen molar-refractivity contribution >= 4 is 0 Å². The average Bonchev–Trinajstić information content (AvgIpc) is 2.02. The second kappa shape index (κ2) is 3.18. The lowest BCUT2D eigenvalue weighted by atomic mass is 9.79. The van der Waals surface area contributed by atoms with Crippen LogP contribution in [0.5, 0.6) is 0 Å². The van der Waals surface area contributed by atoms with Crippen molar-refractivity contribution in [2.45, 2.75) is 20.3 Å². The van der Waals surface area contributed by atoms with E-state index in [2.05, 4.69) is 27.0 Å². The molecule has 0 spiro atoms. The Bertz CT molecular complexity index is 233. The van der Waals surface area contributed by atoms with Crippen LogP contribution in [0.2, 0.25) is 0 Å². The van der Waals surface area contributed by atoms with Gasteiger partial charge >= 0.3 is 0 Å². The zero-order valence-electron chi connectivity index (χ0n) is 7.89. The quantitative estimate of drug-likeness (QED) is 0.609. The SMILES string of the molecule is C=CC1=C(C=C)C(C)(C)CCO1. The topological polar surface area (TPSA) is 9.23 Å². The summed E-state index contributed by atoms with van der Waals surface area (Å²) < 4.78 is 5.46. The first-order chi connectivity index (χ1) is 5.61. The predicted molar refractivity (Wildman–Crippen MR) is 51.8 cm³/mol. The third kappa shape index (κ3) is 1.45. The van der Waals surface area contributed by atoms with Crippen LogP contribution in [-0.4, -0.2) is 6.61 Å². The van der Waals surface area contributed by atoms with E-state index in [1.807, 2.05) is 6.08 Å². The summed E-state index contributed by atoms with van der Waals surface area (Å²) in [6, 6.07) is 0. The molecule has 1 rings (SSSR count). The molecule has 0 atom stereocenters. The lowest BCUT2D eigenvalue weighted by molar-refractivity contribution is 0.150. The fourth-order valence-electron chi connectivity index (χ4n) is 1.51. The highest BCUT2D eigenvalue weighted by atomic mass is 16.5. The van der Waals surface area contributed by atoms with E-state index < -0.39 is 0 Å². The summed E-state index contributed by atoms with van der Waals surface area (Å²) in [4.78, 5) is 0. The smallest absolute Gasteiger partial charge is 0.122 e. The van der Waals surface area contributed by atoms with E-state index in [4.69, 9.17) is 4.74 Å². The van der Waals surface area contributed by atoms with Crippen LogP contribution in [0.4, 0.5) is 0 Å². The summed E-state index contributed by atoms with van der Waals surface area (Å²) in [7, 11) is 0. The molecular weight excluding hydrogens is 148 g/mol. The lowest BCUT2D eigenvalue weighted by Crippen LogP contribution is -2.23. The molecule has 1 heterocycles. The maximum Gasteiger partial charge on any atom is 0.122 e. The van der Waals surface area contributed by atoms with Gasteiger partial charge in [-0.05, 0) is 23.5 Å². The maximum absolute atomic E-state index is 5.46. The normalized spacial score (nSPS) is 21.5. The predicted octanol–water partition coefficient (Wildman–Crippen LogP) is 3.06. The molecule has 1 nitrogen and oxygen atoms in total. The first kappa shape index (κ1) is 9.11. The molecule has 0 amide bonds. The third-order valence-corrected chi connectivity index (χ3v) is 2.37. The molecule has 0 radical (unpaired) electrons. The minimum atomic E-state index is 0.184. The Hall–Kier alpha value is -0.980. The van der Waals surface area contributed by atoms with E-state index in [9.17, 15) is 0 Å². The van der Waals surface area contributed by atoms with E-state index in [1.165, 1.54) is 5.57 Å². The molecule has 0 aromatic heterocycles. The minimum Gasteiger partial charge on any atom is -0.493 e. The van der Waals surface area contributed by atoms with Crippen LogP contribution in [0.1, 0.15) is 20.3 Å². The Kier molecular flexibility index (Phi) is 2.41. The van der Waals surface area contributed by atoms with Crippen LogP contribution in [0, 0.1) is 5.41 Å². The fourth-order valence-corrected chi connectivity index (χ4v) is 1.51. The van der Waals surface area contributed by atoms with Gasteiger partial charge in [0.05, 0.1) is 6.61 Å². The molecule has 0 aliphatic carbocycles. The fraction of sp³-hybridized carbons (Fsp3) is 0.455. The zero-order chi connectivity index (χ0) is 9.19. The van der Waals surface area contributed by atoms with Crippen molar-refractivity contribution in [3.63, 3.8) is 0 Å². The maximum atomic E-state index is 5.46. The van der Waals surface area contributed by atoms with Gasteiger partial charge in [0.25, 0.3) is 0 Å². The van der Waals surface area contributed by atoms with E-state index in [1.54, 1.807) is 6.08 Å². The van der Waals surface area contributed by atoms with Crippen molar-refractivity contribution in [1.29, 1.82) is 0 Å². The van der Waals surface area contributed by atoms with Crippen molar-refractivity contribution in [2.24, 2.45) is 5.41 Å². The van der Waals surface area contributed by atoms with Gasteiger partial charge in [-0.15, -0.1) is 0 Å². The second-order valence-electron chi connectivity index (χ2n) is 3.67. The van der Waals surface area contributed by atoms with Gasteiger partial charge in [0, 0.05) is 0 Å². The molecule has 0 aromatic carbocycles. The number of rotatable bonds is 2. The van der Waals surface area contributed by atoms with Gasteiger partial charge in [0.1, 0.15) is 5.76 Å². The highest BCUT2D eigenvalue weighted by Crippen LogP contribution is 2.37. The Labute approximate surface area is 74.4 Å². The molecular formula is C11H16O. The van der Waals surface area contributed by atoms with Crippen molar-refractivity contribution in [3.05, 3.63) is 36.6 Å². The van der Waals surface area contributed by atoms with Gasteiger partial charge < -0.3 is 4.74 Å². The highest BCUT2D eigenvalue weighted by Gasteiger charge is 2.27. The van der Waals surface area contributed by atoms with Crippen molar-refractivity contribution in [2.75, 3.05) is 6.61 Å². The van der Waals surface area contributed by atoms with E-state index in [-0.39, 0.29) is 5.41 Å². The number of hydrogen-bond acceptors (Lipinski definition) is 1. The van der Waals surface area contributed by atoms with Crippen LogP contribution in [0.15, 0.2) is 36.6 Å². The van der Waals surface area contributed by atoms with Gasteiger partial charge in [-0.1, -0.05) is 33.1 Å². The van der Waals surface area contributed by atoms with E-state index in [0.717, 1.165) is 18.8 Å². The molecule has 1 aliphatic rings. The lowest BCUT2D eigenvalue weighted by Gasteiger charge is -2.32. The zero-order valence-corrected chi connectivity index (χ0v) is 7.89. The minimum absolute atomic E-state index is 0.184. The van der Waals surface area contributed by atoms with Crippen LogP contribution >= 0.6 is 0 Å². The number of hydrogen-bond donors (Lipinski definition) is 0. The third-order valence-electron chi connectivity index (χ3n) is 2.37. The molecule has 12 heavy (non-hydrogen) atoms. The van der Waals surface area contributed by atoms with Gasteiger partial charge in [-0.2, -0.15) is 0 Å². The van der Waals surface area contributed by atoms with Gasteiger partial charge in [-0.25, -0.2) is 0 Å². The molecule has 1 aliphatic heterocycles. The summed E-state index contributed by atoms with van der Waals surface area (Å²) in [5, 5.41) is 0. The first-order valence-corrected chi connectivity index (χ1v) is 4.24. The van der Waals surface area contributed by atoms with Crippen molar-refractivity contribution in [3.8, 4) is 0 Å². The second-order valence-corrected chi connectivity index (χ2v) is 3.67. The van der Waals surface area contributed by atoms with Crippen molar-refractivity contribution < 1.29 is 4.74 Å². The number of allylic oxidation sites excluding steroid dienone is 3. The summed E-state index contributed by atoms with van der Waals surface area (Å²) in [6.07, 6.45) is 4.68. The molecule has 66 valence electrons. The summed E-state index contributed by atoms with van der Waals surface area (Å²) in [5.41, 5.74) is 1.35. The van der Waals surface area contributed by atoms with E-state index >= 15 is 0 Å². The molecule has 0 aromatic rings. The largest absolute Gasteiger partial charge is 0.493 e. The molecule has 0 fully saturated rings. The first-order valence-electron chi connectivity index (χ1n) is 4.24. The molecule has 0 saturated carbocycles. The van der Waals surface area contributed by atoms with Crippen LogP contribution < -0.4 is 0 Å². The monoisotopic (exact) mass is 164 g/mol. The summed E-state index contributed by atoms with van der Waals surface area (Å²) in [6.45, 7) is 12.7. The average molecular weight is 164 g/mol. The van der Waals surface area contributed by atoms with Crippen molar-refractivity contribution in [1.82, 2.24) is 0 Å². The van der Waals surface area contributed by atoms with Gasteiger partial charge in [0.2, 0.25) is 0 Å². The van der Waals surface area contributed by atoms with Gasteiger partial charge in [-0.3, -0.25) is 0 Å². The number of ether oxygens (including phenoxy) is 1. The van der Waals surface area contributed by atoms with E-state index in [0.29, 0.717) is 0 Å². The summed E-state index contributed by atoms with van der Waals surface area (Å²) in [5.74, 6) is 0.890. The standard InChI is InChI=1S/C11H16O/c1-5-9-10(6-2)12-8-7-11(9,3)4/h5-6H,1-2,7-8H2,3-4H3. The Morgan fingerprint density at radius 1 is 1.33 bits per heavy atom. The van der Waals surface area contributed by atoms with Crippen LogP contribution in [-0.2, 0) is 4.74 Å². The Balaban J connectivity index is 3.10.